The van der Waals surface area contributed by atoms with Crippen molar-refractivity contribution in [1.82, 2.24) is 5.32 Å². The molecule has 0 aromatic heterocycles. The Morgan fingerprint density at radius 2 is 2.24 bits per heavy atom. The van der Waals surface area contributed by atoms with Gasteiger partial charge >= 0.3 is 0 Å². The Kier molecular flexibility index (Phi) is 5.52. The lowest BCUT2D eigenvalue weighted by molar-refractivity contribution is -0.117. The lowest BCUT2D eigenvalue weighted by Gasteiger charge is -2.20. The Morgan fingerprint density at radius 1 is 1.48 bits per heavy atom. The highest BCUT2D eigenvalue weighted by Gasteiger charge is 2.16. The van der Waals surface area contributed by atoms with Gasteiger partial charge in [0.15, 0.2) is 11.5 Å². The van der Waals surface area contributed by atoms with Crippen LogP contribution in [0.3, 0.4) is 0 Å². The summed E-state index contributed by atoms with van der Waals surface area (Å²) in [7, 11) is 0. The van der Waals surface area contributed by atoms with Crippen LogP contribution in [0.4, 0.5) is 0 Å². The van der Waals surface area contributed by atoms with Crippen LogP contribution in [-0.4, -0.2) is 42.0 Å². The van der Waals surface area contributed by atoms with Crippen LogP contribution in [0.15, 0.2) is 24.3 Å². The van der Waals surface area contributed by atoms with Crippen molar-refractivity contribution in [2.75, 3.05) is 19.7 Å². The summed E-state index contributed by atoms with van der Waals surface area (Å²) in [6.07, 6.45) is 5.10. The summed E-state index contributed by atoms with van der Waals surface area (Å²) in [4.78, 5) is 11.9. The lowest BCUT2D eigenvalue weighted by Crippen LogP contribution is -2.40. The van der Waals surface area contributed by atoms with Gasteiger partial charge in [-0.2, -0.15) is 11.8 Å². The molecule has 2 unspecified atom stereocenters. The fraction of sp³-hybridized carbons (Fsp3) is 0.400. The standard InChI is InChI=1S/C15H19NO4S/c1-10(14(8-17)21-2)16-15(18)6-4-11-3-5-12-13(7-11)20-9-19-12/h3-7,10,14,17H,8-9H2,1-2H3,(H,16,18)/b6-4+. The van der Waals surface area contributed by atoms with E-state index in [9.17, 15) is 9.90 Å². The first-order valence-electron chi connectivity index (χ1n) is 6.66. The summed E-state index contributed by atoms with van der Waals surface area (Å²) in [6.45, 7) is 2.15. The first-order chi connectivity index (χ1) is 10.1. The van der Waals surface area contributed by atoms with Gasteiger partial charge in [0.05, 0.1) is 6.61 Å². The van der Waals surface area contributed by atoms with Crippen molar-refractivity contribution in [1.29, 1.82) is 0 Å². The van der Waals surface area contributed by atoms with E-state index in [0.717, 1.165) is 11.3 Å². The molecule has 2 rings (SSSR count). The minimum absolute atomic E-state index is 0.00658. The molecule has 21 heavy (non-hydrogen) atoms. The fourth-order valence-electron chi connectivity index (χ4n) is 1.99. The number of benzene rings is 1. The topological polar surface area (TPSA) is 67.8 Å². The third-order valence-corrected chi connectivity index (χ3v) is 4.40. The van der Waals surface area contributed by atoms with E-state index < -0.39 is 0 Å². The molecular formula is C15H19NO4S. The zero-order valence-corrected chi connectivity index (χ0v) is 12.9. The molecular weight excluding hydrogens is 290 g/mol. The Balaban J connectivity index is 1.93. The van der Waals surface area contributed by atoms with Crippen LogP contribution in [0.5, 0.6) is 11.5 Å². The first-order valence-corrected chi connectivity index (χ1v) is 7.94. The number of ether oxygens (including phenoxy) is 2. The van der Waals surface area contributed by atoms with Gasteiger partial charge in [-0.25, -0.2) is 0 Å². The van der Waals surface area contributed by atoms with Gasteiger partial charge in [0.2, 0.25) is 12.7 Å². The molecule has 0 radical (unpaired) electrons. The molecule has 0 saturated heterocycles. The molecule has 1 amide bonds. The minimum Gasteiger partial charge on any atom is -0.454 e. The van der Waals surface area contributed by atoms with Crippen LogP contribution in [0.25, 0.3) is 6.08 Å². The number of aliphatic hydroxyl groups excluding tert-OH is 1. The maximum atomic E-state index is 11.9. The van der Waals surface area contributed by atoms with Gasteiger partial charge < -0.3 is 19.9 Å². The number of amides is 1. The van der Waals surface area contributed by atoms with Gasteiger partial charge in [-0.3, -0.25) is 4.79 Å². The zero-order chi connectivity index (χ0) is 15.2. The van der Waals surface area contributed by atoms with E-state index in [0.29, 0.717) is 5.75 Å². The highest BCUT2D eigenvalue weighted by Crippen LogP contribution is 2.32. The highest BCUT2D eigenvalue weighted by molar-refractivity contribution is 7.99. The third kappa shape index (κ3) is 4.15. The molecule has 1 aromatic carbocycles. The number of carbonyl (C=O) groups is 1. The SMILES string of the molecule is CSC(CO)C(C)NC(=O)/C=C/c1ccc2c(c1)OCO2. The van der Waals surface area contributed by atoms with Gasteiger partial charge in [0, 0.05) is 17.4 Å². The van der Waals surface area contributed by atoms with E-state index in [1.54, 1.807) is 6.08 Å². The van der Waals surface area contributed by atoms with Gasteiger partial charge in [0.25, 0.3) is 0 Å². The van der Waals surface area contributed by atoms with Crippen molar-refractivity contribution in [3.05, 3.63) is 29.8 Å². The van der Waals surface area contributed by atoms with E-state index in [1.165, 1.54) is 17.8 Å². The Labute approximate surface area is 128 Å². The van der Waals surface area contributed by atoms with E-state index in [2.05, 4.69) is 5.32 Å². The Hall–Kier alpha value is -1.66. The smallest absolute Gasteiger partial charge is 0.244 e. The van der Waals surface area contributed by atoms with Crippen LogP contribution in [0.1, 0.15) is 12.5 Å². The number of fused-ring (bicyclic) bond motifs is 1. The average molecular weight is 309 g/mol. The summed E-state index contributed by atoms with van der Waals surface area (Å²) in [5, 5.41) is 12.0. The quantitative estimate of drug-likeness (QED) is 0.782. The van der Waals surface area contributed by atoms with E-state index >= 15 is 0 Å². The maximum Gasteiger partial charge on any atom is 0.244 e. The van der Waals surface area contributed by atoms with Crippen LogP contribution < -0.4 is 14.8 Å². The molecule has 6 heteroatoms. The maximum absolute atomic E-state index is 11.9. The number of hydrogen-bond acceptors (Lipinski definition) is 5. The summed E-state index contributed by atoms with van der Waals surface area (Å²) < 4.78 is 10.5. The van der Waals surface area contributed by atoms with Crippen LogP contribution in [0, 0.1) is 0 Å². The molecule has 114 valence electrons. The number of aliphatic hydroxyl groups is 1. The second-order valence-electron chi connectivity index (χ2n) is 4.70. The number of carbonyl (C=O) groups excluding carboxylic acids is 1. The van der Waals surface area contributed by atoms with Crippen LogP contribution >= 0.6 is 11.8 Å². The number of hydrogen-bond donors (Lipinski definition) is 2. The average Bonchev–Trinajstić information content (AvgIpc) is 2.93. The fourth-order valence-corrected chi connectivity index (χ4v) is 2.62. The van der Waals surface area contributed by atoms with E-state index in [1.807, 2.05) is 31.4 Å². The Bertz CT molecular complexity index is 528. The predicted octanol–water partition coefficient (Wildman–Crippen LogP) is 1.66. The summed E-state index contributed by atoms with van der Waals surface area (Å²) in [6, 6.07) is 5.41. The lowest BCUT2D eigenvalue weighted by atomic mass is 10.2. The third-order valence-electron chi connectivity index (χ3n) is 3.23. The first kappa shape index (κ1) is 15.7. The largest absolute Gasteiger partial charge is 0.454 e. The highest BCUT2D eigenvalue weighted by atomic mass is 32.2. The molecule has 1 aliphatic rings. The number of nitrogens with one attached hydrogen (secondary N) is 1. The van der Waals surface area contributed by atoms with E-state index in [4.69, 9.17) is 9.47 Å². The molecule has 0 saturated carbocycles. The van der Waals surface area contributed by atoms with Crippen molar-refractivity contribution in [3.63, 3.8) is 0 Å². The van der Waals surface area contributed by atoms with Gasteiger partial charge in [0.1, 0.15) is 0 Å². The molecule has 1 heterocycles. The molecule has 1 aromatic rings. The molecule has 2 N–H and O–H groups in total. The van der Waals surface area contributed by atoms with Crippen LogP contribution in [-0.2, 0) is 4.79 Å². The van der Waals surface area contributed by atoms with Gasteiger partial charge in [-0.15, -0.1) is 0 Å². The van der Waals surface area contributed by atoms with Crippen molar-refractivity contribution >= 4 is 23.7 Å². The molecule has 0 aliphatic carbocycles. The van der Waals surface area contributed by atoms with Crippen molar-refractivity contribution in [2.45, 2.75) is 18.2 Å². The number of thioether (sulfide) groups is 1. The molecule has 0 bridgehead atoms. The van der Waals surface area contributed by atoms with Gasteiger partial charge in [-0.1, -0.05) is 6.07 Å². The molecule has 0 spiro atoms. The second-order valence-corrected chi connectivity index (χ2v) is 5.78. The molecule has 5 nitrogen and oxygen atoms in total. The summed E-state index contributed by atoms with van der Waals surface area (Å²) >= 11 is 1.53. The number of rotatable bonds is 6. The predicted molar refractivity (Wildman–Crippen MR) is 83.6 cm³/mol. The summed E-state index contributed by atoms with van der Waals surface area (Å²) in [5.41, 5.74) is 0.866. The minimum atomic E-state index is -0.187. The van der Waals surface area contributed by atoms with Crippen LogP contribution in [0.2, 0.25) is 0 Å². The molecule has 1 aliphatic heterocycles. The second kappa shape index (κ2) is 7.38. The monoisotopic (exact) mass is 309 g/mol. The zero-order valence-electron chi connectivity index (χ0n) is 12.0. The van der Waals surface area contributed by atoms with E-state index in [-0.39, 0.29) is 30.6 Å². The molecule has 0 fully saturated rings. The normalized spacial score (nSPS) is 16.0. The van der Waals surface area contributed by atoms with Crippen molar-refractivity contribution in [2.24, 2.45) is 0 Å². The van der Waals surface area contributed by atoms with Gasteiger partial charge in [-0.05, 0) is 37.0 Å². The Morgan fingerprint density at radius 3 is 2.95 bits per heavy atom. The molecule has 2 atom stereocenters. The van der Waals surface area contributed by atoms with Crippen molar-refractivity contribution in [3.8, 4) is 11.5 Å². The summed E-state index contributed by atoms with van der Waals surface area (Å²) in [5.74, 6) is 1.22. The van der Waals surface area contributed by atoms with Crippen molar-refractivity contribution < 1.29 is 19.4 Å².